The number of thioether (sulfide) groups is 1. The molecule has 76 heavy (non-hydrogen) atoms. The molecular weight excluding hydrogens is 1000 g/mol. The number of nitrogens with one attached hydrogen (secondary N) is 1. The molecule has 21 heteroatoms. The molecule has 3 aliphatic rings. The van der Waals surface area contributed by atoms with E-state index in [1.54, 1.807) is 51.8 Å². The second-order valence-electron chi connectivity index (χ2n) is 19.9. The lowest BCUT2D eigenvalue weighted by Gasteiger charge is -2.45. The zero-order valence-electron chi connectivity index (χ0n) is 45.2. The molecule has 8 atom stereocenters. The first-order valence-corrected chi connectivity index (χ1v) is 27.1. The van der Waals surface area contributed by atoms with Crippen molar-refractivity contribution < 1.29 is 56.8 Å². The van der Waals surface area contributed by atoms with Gasteiger partial charge in [-0.3, -0.25) is 19.2 Å². The van der Waals surface area contributed by atoms with E-state index in [9.17, 15) is 37.9 Å². The number of rotatable bonds is 23. The summed E-state index contributed by atoms with van der Waals surface area (Å²) in [7, 11) is 0. The Morgan fingerprint density at radius 1 is 1.00 bits per heavy atom. The maximum absolute atomic E-state index is 14.3. The number of aldehydes is 1. The summed E-state index contributed by atoms with van der Waals surface area (Å²) in [5.41, 5.74) is 2.28. The van der Waals surface area contributed by atoms with Gasteiger partial charge in [0.15, 0.2) is 0 Å². The van der Waals surface area contributed by atoms with Crippen molar-refractivity contribution in [2.75, 3.05) is 26.3 Å². The number of hydrogen-bond acceptors (Lipinski definition) is 15. The Bertz CT molecular complexity index is 2430. The molecule has 3 aromatic rings. The third kappa shape index (κ3) is 19.9. The van der Waals surface area contributed by atoms with Gasteiger partial charge in [-0.05, 0) is 68.2 Å². The second-order valence-corrected chi connectivity index (χ2v) is 21.8. The highest BCUT2D eigenvalue weighted by atomic mass is 32.2. The monoisotopic (exact) mass is 1080 g/mol. The minimum Gasteiger partial charge on any atom is -0.463 e. The molecule has 2 amide bonds. The van der Waals surface area contributed by atoms with E-state index in [0.29, 0.717) is 48.1 Å². The number of aromatic nitrogens is 3. The van der Waals surface area contributed by atoms with E-state index < -0.39 is 78.6 Å². The quantitative estimate of drug-likeness (QED) is 0.0264. The van der Waals surface area contributed by atoms with Crippen LogP contribution < -0.4 is 11.2 Å². The molecule has 18 nitrogen and oxygen atoms in total. The van der Waals surface area contributed by atoms with Crippen molar-refractivity contribution in [3.63, 3.8) is 0 Å². The third-order valence-electron chi connectivity index (χ3n) is 12.7. The Kier molecular flexibility index (Phi) is 25.8. The Morgan fingerprint density at radius 3 is 2.34 bits per heavy atom. The summed E-state index contributed by atoms with van der Waals surface area (Å²) in [4.78, 5) is 64.1. The number of aliphatic hydroxyl groups is 1. The number of likely N-dealkylation sites (tertiary alicyclic amines) is 1. The Hall–Kier alpha value is -5.90. The smallest absolute Gasteiger partial charge is 0.306 e. The summed E-state index contributed by atoms with van der Waals surface area (Å²) in [6, 6.07) is 11.2. The number of ether oxygens (including phenoxy) is 4. The van der Waals surface area contributed by atoms with E-state index in [1.165, 1.54) is 30.3 Å². The molecule has 3 saturated heterocycles. The molecule has 1 aromatic heterocycles. The number of halogens is 2. The van der Waals surface area contributed by atoms with Gasteiger partial charge < -0.3 is 44.9 Å². The van der Waals surface area contributed by atoms with Gasteiger partial charge in [0.2, 0.25) is 11.8 Å². The SMILES string of the molecule is C=C1CC(SC(C)(C)CC)C(=O)N1CCNC(=O)CCC(=O)OC[C@H]1OC(C2CC(n3cc(-c4cccc(F)c4)nn3)CC(COC(=O)CCC=O)O2)C[C@@H](C/C=C(\N=NN)c2cccc(F)c2)[C@H]1O.CC.CC(C)C. The number of hydrogen-bond donors (Lipinski definition) is 3. The first-order chi connectivity index (χ1) is 36.3. The van der Waals surface area contributed by atoms with Crippen molar-refractivity contribution in [1.29, 1.82) is 0 Å². The zero-order valence-corrected chi connectivity index (χ0v) is 46.0. The minimum atomic E-state index is -1.21. The lowest BCUT2D eigenvalue weighted by Crippen LogP contribution is -2.53. The van der Waals surface area contributed by atoms with Crippen molar-refractivity contribution in [1.82, 2.24) is 25.2 Å². The first kappa shape index (κ1) is 62.6. The molecule has 4 heterocycles. The molecule has 3 fully saturated rings. The Balaban J connectivity index is 0.00000198. The molecule has 2 aromatic carbocycles. The molecule has 5 unspecified atom stereocenters. The topological polar surface area (TPSA) is 239 Å². The summed E-state index contributed by atoms with van der Waals surface area (Å²) >= 11 is 1.62. The molecule has 0 spiro atoms. The number of carbonyl (C=O) groups excluding carboxylic acids is 5. The number of nitrogens with zero attached hydrogens (tertiary/aromatic N) is 6. The van der Waals surface area contributed by atoms with Crippen molar-refractivity contribution in [2.45, 2.75) is 166 Å². The van der Waals surface area contributed by atoms with E-state index in [0.717, 1.165) is 12.3 Å². The average molecular weight is 1080 g/mol. The first-order valence-electron chi connectivity index (χ1n) is 26.2. The van der Waals surface area contributed by atoms with E-state index in [1.807, 2.05) is 13.8 Å². The minimum absolute atomic E-state index is 0.00494. The van der Waals surface area contributed by atoms with Gasteiger partial charge >= 0.3 is 11.9 Å². The van der Waals surface area contributed by atoms with E-state index in [4.69, 9.17) is 24.8 Å². The summed E-state index contributed by atoms with van der Waals surface area (Å²) in [5, 5.41) is 30.4. The summed E-state index contributed by atoms with van der Waals surface area (Å²) in [6.45, 7) is 20.7. The highest BCUT2D eigenvalue weighted by Crippen LogP contribution is 2.40. The predicted octanol–water partition coefficient (Wildman–Crippen LogP) is 8.89. The molecule has 6 rings (SSSR count). The van der Waals surface area contributed by atoms with Gasteiger partial charge in [0.25, 0.3) is 0 Å². The van der Waals surface area contributed by atoms with E-state index >= 15 is 0 Å². The second kappa shape index (κ2) is 31.4. The molecule has 0 radical (unpaired) electrons. The van der Waals surface area contributed by atoms with Crippen LogP contribution in [0.5, 0.6) is 0 Å². The molecule has 418 valence electrons. The number of carbonyl (C=O) groups is 5. The van der Waals surface area contributed by atoms with Gasteiger partial charge in [-0.25, -0.2) is 13.5 Å². The highest BCUT2D eigenvalue weighted by Gasteiger charge is 2.45. The lowest BCUT2D eigenvalue weighted by molar-refractivity contribution is -0.220. The van der Waals surface area contributed by atoms with Gasteiger partial charge in [-0.2, -0.15) is 0 Å². The summed E-state index contributed by atoms with van der Waals surface area (Å²) in [6.07, 6.45) is 1.39. The van der Waals surface area contributed by atoms with Gasteiger partial charge in [0, 0.05) is 53.9 Å². The maximum atomic E-state index is 14.3. The van der Waals surface area contributed by atoms with Gasteiger partial charge in [0.1, 0.15) is 42.9 Å². The summed E-state index contributed by atoms with van der Waals surface area (Å²) < 4.78 is 54.2. The average Bonchev–Trinajstić information content (AvgIpc) is 3.99. The molecule has 0 aliphatic carbocycles. The van der Waals surface area contributed by atoms with Crippen LogP contribution >= 0.6 is 11.8 Å². The van der Waals surface area contributed by atoms with E-state index in [-0.39, 0.29) is 79.8 Å². The van der Waals surface area contributed by atoms with E-state index in [2.05, 4.69) is 74.1 Å². The standard InChI is InChI=1S/C49H62F2N8O10S.C4H10.C2H6/c1-5-49(3,4)70-43-21-30(2)58(48(43)65)19-18-53-44(61)16-17-46(63)67-29-42-47(64)33(14-15-38(54-56-52)31-9-6-11-34(50)22-31)24-40(69-42)41-26-36(25-37(68-41)28-66-45(62)13-8-20-60)59-27-39(55-57-59)32-10-7-12-35(51)23-32;1-4(2)3;1-2/h6-7,9-12,15,20,22-23,27,33,36-37,40-43,47,64H,2,5,8,13-14,16-19,21,24-26,28-29H2,1,3-4H3,(H2,52,54)(H,53,61);4H,1-3H3;1-2H3/b38-15-;;/t33-,36?,37?,40?,41?,42-,43?,47-;;/m1../s1. The van der Waals surface area contributed by atoms with Crippen LogP contribution in [0.1, 0.15) is 131 Å². The van der Waals surface area contributed by atoms with Crippen LogP contribution in [-0.2, 0) is 42.9 Å². The number of allylic oxidation sites excluding steroid dienone is 2. The van der Waals surface area contributed by atoms with Crippen molar-refractivity contribution in [3.05, 3.63) is 90.3 Å². The van der Waals surface area contributed by atoms with Crippen molar-refractivity contribution in [3.8, 4) is 11.3 Å². The molecule has 0 saturated carbocycles. The van der Waals surface area contributed by atoms with Crippen LogP contribution in [0.4, 0.5) is 8.78 Å². The molecular formula is C55H78F2N8O10S. The van der Waals surface area contributed by atoms with Crippen LogP contribution in [0.25, 0.3) is 17.0 Å². The van der Waals surface area contributed by atoms with Gasteiger partial charge in [-0.1, -0.05) is 103 Å². The fourth-order valence-electron chi connectivity index (χ4n) is 8.59. The normalized spacial score (nSPS) is 22.8. The molecule has 4 N–H and O–H groups in total. The third-order valence-corrected chi connectivity index (χ3v) is 14.2. The Morgan fingerprint density at radius 2 is 1.67 bits per heavy atom. The van der Waals surface area contributed by atoms with Crippen LogP contribution in [0.15, 0.2) is 83.4 Å². The Labute approximate surface area is 449 Å². The van der Waals surface area contributed by atoms with Crippen LogP contribution in [0.3, 0.4) is 0 Å². The zero-order chi connectivity index (χ0) is 56.0. The molecule has 0 bridgehead atoms. The number of benzene rings is 2. The van der Waals surface area contributed by atoms with Gasteiger partial charge in [-0.15, -0.1) is 22.0 Å². The number of aliphatic hydroxyl groups excluding tert-OH is 1. The number of esters is 2. The van der Waals surface area contributed by atoms with Gasteiger partial charge in [0.05, 0.1) is 60.4 Å². The number of amides is 2. The largest absolute Gasteiger partial charge is 0.463 e. The number of nitrogens with two attached hydrogens (primary N) is 1. The fourth-order valence-corrected chi connectivity index (χ4v) is 10.0. The lowest BCUT2D eigenvalue weighted by atomic mass is 9.82. The van der Waals surface area contributed by atoms with Crippen LogP contribution in [0, 0.1) is 23.5 Å². The van der Waals surface area contributed by atoms with Crippen LogP contribution in [0.2, 0.25) is 0 Å². The highest BCUT2D eigenvalue weighted by molar-refractivity contribution is 8.01. The van der Waals surface area contributed by atoms with Crippen molar-refractivity contribution in [2.24, 2.45) is 28.0 Å². The molecule has 3 aliphatic heterocycles. The predicted molar refractivity (Wildman–Crippen MR) is 286 cm³/mol. The fraction of sp³-hybridized carbons (Fsp3) is 0.582. The maximum Gasteiger partial charge on any atom is 0.306 e. The van der Waals surface area contributed by atoms with Crippen LogP contribution in [-0.4, -0.2) is 122 Å². The van der Waals surface area contributed by atoms with Crippen molar-refractivity contribution >= 4 is 47.5 Å². The summed E-state index contributed by atoms with van der Waals surface area (Å²) in [5.74, 6) is 2.99.